The lowest BCUT2D eigenvalue weighted by Crippen LogP contribution is -2.52. The fourth-order valence-electron chi connectivity index (χ4n) is 2.29. The van der Waals surface area contributed by atoms with Crippen LogP contribution in [0.1, 0.15) is 14.5 Å². The van der Waals surface area contributed by atoms with Gasteiger partial charge in [0.05, 0.1) is 11.4 Å². The maximum absolute atomic E-state index is 12.4. The predicted molar refractivity (Wildman–Crippen MR) is 84.5 cm³/mol. The summed E-state index contributed by atoms with van der Waals surface area (Å²) in [4.78, 5) is 31.5. The molecule has 0 bridgehead atoms. The number of carbonyl (C=O) groups is 2. The van der Waals surface area contributed by atoms with Gasteiger partial charge in [-0.1, -0.05) is 0 Å². The lowest BCUT2D eigenvalue weighted by molar-refractivity contribution is -0.133. The quantitative estimate of drug-likeness (QED) is 0.882. The zero-order valence-electron chi connectivity index (χ0n) is 12.8. The van der Waals surface area contributed by atoms with Gasteiger partial charge in [0.25, 0.3) is 5.91 Å². The number of aryl methyl sites for hydroxylation is 1. The summed E-state index contributed by atoms with van der Waals surface area (Å²) in [6.45, 7) is 4.67. The second-order valence-electron chi connectivity index (χ2n) is 5.53. The number of hydrogen-bond donors (Lipinski definition) is 1. The number of nitrogens with two attached hydrogens (primary N) is 1. The van der Waals surface area contributed by atoms with Crippen molar-refractivity contribution >= 4 is 28.8 Å². The molecule has 0 aromatic carbocycles. The lowest BCUT2D eigenvalue weighted by Gasteiger charge is -2.35. The van der Waals surface area contributed by atoms with Gasteiger partial charge >= 0.3 is 0 Å². The van der Waals surface area contributed by atoms with Gasteiger partial charge in [-0.05, 0) is 27.1 Å². The molecule has 7 heteroatoms. The zero-order chi connectivity index (χ0) is 15.6. The molecule has 1 aromatic heterocycles. The molecule has 0 atom stereocenters. The molecule has 116 valence electrons. The van der Waals surface area contributed by atoms with Crippen LogP contribution in [0.25, 0.3) is 0 Å². The van der Waals surface area contributed by atoms with Gasteiger partial charge in [-0.3, -0.25) is 9.59 Å². The maximum atomic E-state index is 12.4. The number of piperazine rings is 1. The summed E-state index contributed by atoms with van der Waals surface area (Å²) in [7, 11) is 3.75. The minimum atomic E-state index is 0.0134. The highest BCUT2D eigenvalue weighted by Gasteiger charge is 2.25. The molecule has 1 saturated heterocycles. The largest absolute Gasteiger partial charge is 0.398 e. The summed E-state index contributed by atoms with van der Waals surface area (Å²) in [6, 6.07) is 1.74. The van der Waals surface area contributed by atoms with Gasteiger partial charge in [0.1, 0.15) is 0 Å². The van der Waals surface area contributed by atoms with Crippen molar-refractivity contribution in [3.05, 3.63) is 15.8 Å². The normalized spacial score (nSPS) is 15.6. The Morgan fingerprint density at radius 2 is 1.81 bits per heavy atom. The summed E-state index contributed by atoms with van der Waals surface area (Å²) in [5, 5.41) is 0. The molecule has 1 fully saturated rings. The van der Waals surface area contributed by atoms with Crippen LogP contribution in [0.3, 0.4) is 0 Å². The average Bonchev–Trinajstić information content (AvgIpc) is 2.77. The Kier molecular flexibility index (Phi) is 4.84. The van der Waals surface area contributed by atoms with Crippen LogP contribution in [0.4, 0.5) is 5.69 Å². The van der Waals surface area contributed by atoms with Crippen LogP contribution in [0.5, 0.6) is 0 Å². The van der Waals surface area contributed by atoms with E-state index in [0.717, 1.165) is 4.88 Å². The van der Waals surface area contributed by atoms with E-state index in [1.54, 1.807) is 11.0 Å². The molecule has 2 heterocycles. The Balaban J connectivity index is 1.91. The van der Waals surface area contributed by atoms with Crippen molar-refractivity contribution in [1.29, 1.82) is 0 Å². The Labute approximate surface area is 129 Å². The molecule has 2 amide bonds. The second kappa shape index (κ2) is 6.44. The molecule has 21 heavy (non-hydrogen) atoms. The Hall–Kier alpha value is -1.60. The van der Waals surface area contributed by atoms with Crippen molar-refractivity contribution in [3.63, 3.8) is 0 Å². The average molecular weight is 310 g/mol. The molecule has 1 aliphatic rings. The predicted octanol–water partition coefficient (Wildman–Crippen LogP) is 0.485. The van der Waals surface area contributed by atoms with Crippen molar-refractivity contribution in [3.8, 4) is 0 Å². The van der Waals surface area contributed by atoms with Gasteiger partial charge in [0.2, 0.25) is 5.91 Å². The molecule has 1 aromatic rings. The van der Waals surface area contributed by atoms with Gasteiger partial charge in [0.15, 0.2) is 0 Å². The summed E-state index contributed by atoms with van der Waals surface area (Å²) in [5.41, 5.74) is 6.47. The molecule has 0 saturated carbocycles. The zero-order valence-corrected chi connectivity index (χ0v) is 13.6. The number of likely N-dealkylation sites (N-methyl/N-ethyl adjacent to an activating group) is 1. The van der Waals surface area contributed by atoms with Gasteiger partial charge in [-0.15, -0.1) is 11.3 Å². The highest BCUT2D eigenvalue weighted by atomic mass is 32.1. The number of anilines is 1. The molecule has 0 unspecified atom stereocenters. The van der Waals surface area contributed by atoms with E-state index in [9.17, 15) is 9.59 Å². The van der Waals surface area contributed by atoms with Gasteiger partial charge in [0, 0.05) is 36.7 Å². The maximum Gasteiger partial charge on any atom is 0.264 e. The summed E-state index contributed by atoms with van der Waals surface area (Å²) < 4.78 is 0. The van der Waals surface area contributed by atoms with E-state index in [-0.39, 0.29) is 11.8 Å². The van der Waals surface area contributed by atoms with Crippen molar-refractivity contribution in [2.75, 3.05) is 52.6 Å². The third-order valence-corrected chi connectivity index (χ3v) is 4.59. The van der Waals surface area contributed by atoms with Gasteiger partial charge in [-0.25, -0.2) is 0 Å². The molecule has 2 N–H and O–H groups in total. The first-order valence-corrected chi connectivity index (χ1v) is 7.78. The van der Waals surface area contributed by atoms with Crippen molar-refractivity contribution in [2.45, 2.75) is 6.92 Å². The van der Waals surface area contributed by atoms with Crippen LogP contribution in [0, 0.1) is 6.92 Å². The Bertz CT molecular complexity index is 514. The van der Waals surface area contributed by atoms with Crippen LogP contribution in [0.15, 0.2) is 6.07 Å². The van der Waals surface area contributed by atoms with Crippen LogP contribution in [-0.4, -0.2) is 73.3 Å². The highest BCUT2D eigenvalue weighted by molar-refractivity contribution is 7.14. The topological polar surface area (TPSA) is 69.9 Å². The number of rotatable bonds is 3. The first kappa shape index (κ1) is 15.8. The van der Waals surface area contributed by atoms with Gasteiger partial charge in [-0.2, -0.15) is 0 Å². The minimum absolute atomic E-state index is 0.0134. The standard InChI is InChI=1S/C14H22N4O2S/c1-10-11(15)8-12(21-10)14(20)18-6-4-17(5-7-18)13(19)9-16(2)3/h8H,4-7,9,15H2,1-3H3. The van der Waals surface area contributed by atoms with E-state index in [0.29, 0.717) is 43.3 Å². The number of amides is 2. The van der Waals surface area contributed by atoms with E-state index in [1.807, 2.05) is 30.8 Å². The lowest BCUT2D eigenvalue weighted by atomic mass is 10.2. The molecule has 0 spiro atoms. The third-order valence-electron chi connectivity index (χ3n) is 3.54. The SMILES string of the molecule is Cc1sc(C(=O)N2CCN(C(=O)CN(C)C)CC2)cc1N. The van der Waals surface area contributed by atoms with Crippen LogP contribution in [-0.2, 0) is 4.79 Å². The smallest absolute Gasteiger partial charge is 0.264 e. The molecule has 0 radical (unpaired) electrons. The third kappa shape index (κ3) is 3.74. The highest BCUT2D eigenvalue weighted by Crippen LogP contribution is 2.25. The first-order chi connectivity index (χ1) is 9.88. The van der Waals surface area contributed by atoms with Crippen molar-refractivity contribution in [1.82, 2.24) is 14.7 Å². The van der Waals surface area contributed by atoms with E-state index < -0.39 is 0 Å². The molecular weight excluding hydrogens is 288 g/mol. The Morgan fingerprint density at radius 1 is 1.24 bits per heavy atom. The van der Waals surface area contributed by atoms with E-state index in [4.69, 9.17) is 5.73 Å². The molecular formula is C14H22N4O2S. The van der Waals surface area contributed by atoms with Crippen LogP contribution >= 0.6 is 11.3 Å². The second-order valence-corrected chi connectivity index (χ2v) is 6.79. The summed E-state index contributed by atoms with van der Waals surface area (Å²) in [6.07, 6.45) is 0. The number of nitrogens with zero attached hydrogens (tertiary/aromatic N) is 3. The monoisotopic (exact) mass is 310 g/mol. The van der Waals surface area contributed by atoms with E-state index in [1.165, 1.54) is 11.3 Å². The van der Waals surface area contributed by atoms with Gasteiger partial charge < -0.3 is 20.4 Å². The number of hydrogen-bond acceptors (Lipinski definition) is 5. The van der Waals surface area contributed by atoms with Crippen LogP contribution < -0.4 is 5.73 Å². The van der Waals surface area contributed by atoms with Crippen molar-refractivity contribution < 1.29 is 9.59 Å². The molecule has 0 aliphatic carbocycles. The molecule has 2 rings (SSSR count). The number of nitrogen functional groups attached to an aromatic ring is 1. The van der Waals surface area contributed by atoms with Crippen molar-refractivity contribution in [2.24, 2.45) is 0 Å². The number of carbonyl (C=O) groups excluding carboxylic acids is 2. The molecule has 6 nitrogen and oxygen atoms in total. The summed E-state index contributed by atoms with van der Waals surface area (Å²) >= 11 is 1.43. The minimum Gasteiger partial charge on any atom is -0.398 e. The summed E-state index contributed by atoms with van der Waals surface area (Å²) in [5.74, 6) is 0.128. The molecule has 1 aliphatic heterocycles. The van der Waals surface area contributed by atoms with E-state index >= 15 is 0 Å². The van der Waals surface area contributed by atoms with E-state index in [2.05, 4.69) is 0 Å². The fourth-order valence-corrected chi connectivity index (χ4v) is 3.20. The van der Waals surface area contributed by atoms with Crippen LogP contribution in [0.2, 0.25) is 0 Å². The Morgan fingerprint density at radius 3 is 2.29 bits per heavy atom. The fraction of sp³-hybridized carbons (Fsp3) is 0.571. The first-order valence-electron chi connectivity index (χ1n) is 6.96. The number of thiophene rings is 1.